The molecule has 0 aromatic heterocycles. The zero-order valence-electron chi connectivity index (χ0n) is 8.24. The summed E-state index contributed by atoms with van der Waals surface area (Å²) in [7, 11) is 0. The van der Waals surface area contributed by atoms with E-state index in [0.717, 1.165) is 25.9 Å². The molecule has 14 heavy (non-hydrogen) atoms. The van der Waals surface area contributed by atoms with Crippen LogP contribution < -0.4 is 4.90 Å². The van der Waals surface area contributed by atoms with Crippen LogP contribution in [0.2, 0.25) is 0 Å². The Kier molecular flexibility index (Phi) is 2.44. The molecule has 0 aliphatic carbocycles. The number of nitrogens with zero attached hydrogens (tertiary/aromatic N) is 1. The van der Waals surface area contributed by atoms with E-state index in [-0.39, 0.29) is 0 Å². The van der Waals surface area contributed by atoms with Crippen LogP contribution >= 0.6 is 0 Å². The quantitative estimate of drug-likeness (QED) is 0.686. The van der Waals surface area contributed by atoms with E-state index in [2.05, 4.69) is 11.5 Å². The molecule has 0 radical (unpaired) electrons. The highest BCUT2D eigenvalue weighted by Gasteiger charge is 2.12. The van der Waals surface area contributed by atoms with Crippen LogP contribution in [-0.2, 0) is 0 Å². The van der Waals surface area contributed by atoms with Crippen molar-refractivity contribution in [2.24, 2.45) is 0 Å². The summed E-state index contributed by atoms with van der Waals surface area (Å²) in [6.07, 6.45) is 2.17. The average Bonchev–Trinajstić information content (AvgIpc) is 2.21. The number of rotatable bonds is 1. The van der Waals surface area contributed by atoms with Gasteiger partial charge in [-0.15, -0.1) is 0 Å². The molecule has 0 amide bonds. The normalized spacial score (nSPS) is 17.1. The molecular formula is C12H15NO. The highest BCUT2D eigenvalue weighted by Crippen LogP contribution is 2.23. The summed E-state index contributed by atoms with van der Waals surface area (Å²) in [6.45, 7) is 6.08. The summed E-state index contributed by atoms with van der Waals surface area (Å²) in [6, 6.07) is 7.39. The first-order valence-electron chi connectivity index (χ1n) is 4.96. The van der Waals surface area contributed by atoms with Gasteiger partial charge < -0.3 is 10.0 Å². The lowest BCUT2D eigenvalue weighted by molar-refractivity contribution is 0.475. The number of hydrogen-bond donors (Lipinski definition) is 1. The highest BCUT2D eigenvalue weighted by atomic mass is 16.3. The molecule has 1 aromatic rings. The molecule has 1 aliphatic heterocycles. The van der Waals surface area contributed by atoms with Crippen LogP contribution in [0.25, 0.3) is 0 Å². The van der Waals surface area contributed by atoms with E-state index in [1.165, 1.54) is 11.3 Å². The van der Waals surface area contributed by atoms with Gasteiger partial charge in [0.2, 0.25) is 0 Å². The van der Waals surface area contributed by atoms with E-state index in [1.54, 1.807) is 12.1 Å². The molecule has 2 rings (SSSR count). The van der Waals surface area contributed by atoms with Gasteiger partial charge in [-0.2, -0.15) is 0 Å². The molecule has 0 atom stereocenters. The Bertz CT molecular complexity index is 319. The van der Waals surface area contributed by atoms with Crippen LogP contribution in [0.4, 0.5) is 5.69 Å². The number of phenolic OH excluding ortho intramolecular Hbond substituents is 1. The Hall–Kier alpha value is -1.44. The smallest absolute Gasteiger partial charge is 0.115 e. The molecule has 0 saturated carbocycles. The van der Waals surface area contributed by atoms with Crippen molar-refractivity contribution in [2.45, 2.75) is 12.8 Å². The van der Waals surface area contributed by atoms with Crippen molar-refractivity contribution in [3.8, 4) is 5.75 Å². The lowest BCUT2D eigenvalue weighted by Crippen LogP contribution is -2.30. The minimum absolute atomic E-state index is 0.329. The summed E-state index contributed by atoms with van der Waals surface area (Å²) >= 11 is 0. The van der Waals surface area contributed by atoms with Crippen molar-refractivity contribution >= 4 is 5.69 Å². The molecule has 1 saturated heterocycles. The van der Waals surface area contributed by atoms with Crippen LogP contribution in [0.3, 0.4) is 0 Å². The number of hydrogen-bond acceptors (Lipinski definition) is 2. The Balaban J connectivity index is 2.08. The predicted molar refractivity (Wildman–Crippen MR) is 58.7 cm³/mol. The second kappa shape index (κ2) is 3.74. The van der Waals surface area contributed by atoms with Crippen molar-refractivity contribution in [1.82, 2.24) is 0 Å². The van der Waals surface area contributed by atoms with Gasteiger partial charge in [-0.25, -0.2) is 0 Å². The van der Waals surface area contributed by atoms with Gasteiger partial charge in [-0.05, 0) is 37.1 Å². The summed E-state index contributed by atoms with van der Waals surface area (Å²) in [5, 5.41) is 9.16. The van der Waals surface area contributed by atoms with Gasteiger partial charge in [-0.3, -0.25) is 0 Å². The van der Waals surface area contributed by atoms with Crippen molar-refractivity contribution in [2.75, 3.05) is 18.0 Å². The Morgan fingerprint density at radius 2 is 1.64 bits per heavy atom. The van der Waals surface area contributed by atoms with Crippen LogP contribution in [0.5, 0.6) is 5.75 Å². The molecule has 1 aliphatic rings. The largest absolute Gasteiger partial charge is 0.508 e. The maximum absolute atomic E-state index is 9.16. The second-order valence-electron chi connectivity index (χ2n) is 3.75. The molecule has 0 spiro atoms. The average molecular weight is 189 g/mol. The Morgan fingerprint density at radius 3 is 2.21 bits per heavy atom. The third-order valence-corrected chi connectivity index (χ3v) is 2.69. The maximum atomic E-state index is 9.16. The van der Waals surface area contributed by atoms with Crippen LogP contribution in [0.15, 0.2) is 36.4 Å². The molecule has 0 bridgehead atoms. The van der Waals surface area contributed by atoms with Crippen molar-refractivity contribution in [3.63, 3.8) is 0 Å². The number of anilines is 1. The molecule has 74 valence electrons. The molecule has 1 fully saturated rings. The molecule has 1 heterocycles. The van der Waals surface area contributed by atoms with Gasteiger partial charge in [0.1, 0.15) is 5.75 Å². The summed E-state index contributed by atoms with van der Waals surface area (Å²) < 4.78 is 0. The minimum atomic E-state index is 0.329. The first-order valence-corrected chi connectivity index (χ1v) is 4.96. The van der Waals surface area contributed by atoms with E-state index in [1.807, 2.05) is 12.1 Å². The minimum Gasteiger partial charge on any atom is -0.508 e. The first kappa shape index (κ1) is 9.13. The fraction of sp³-hybridized carbons (Fsp3) is 0.333. The first-order chi connectivity index (χ1) is 6.75. The van der Waals surface area contributed by atoms with Crippen molar-refractivity contribution in [1.29, 1.82) is 0 Å². The van der Waals surface area contributed by atoms with Crippen LogP contribution in [-0.4, -0.2) is 18.2 Å². The summed E-state index contributed by atoms with van der Waals surface area (Å²) in [5.41, 5.74) is 2.54. The van der Waals surface area contributed by atoms with Crippen LogP contribution in [0, 0.1) is 0 Å². The summed E-state index contributed by atoms with van der Waals surface area (Å²) in [4.78, 5) is 2.33. The molecule has 1 N–H and O–H groups in total. The van der Waals surface area contributed by atoms with Gasteiger partial charge in [0.25, 0.3) is 0 Å². The third-order valence-electron chi connectivity index (χ3n) is 2.69. The maximum Gasteiger partial charge on any atom is 0.115 e. The van der Waals surface area contributed by atoms with Crippen LogP contribution in [0.1, 0.15) is 12.8 Å². The third kappa shape index (κ3) is 1.90. The van der Waals surface area contributed by atoms with E-state index in [4.69, 9.17) is 5.11 Å². The summed E-state index contributed by atoms with van der Waals surface area (Å²) in [5.74, 6) is 0.329. The van der Waals surface area contributed by atoms with E-state index in [0.29, 0.717) is 5.75 Å². The zero-order valence-corrected chi connectivity index (χ0v) is 8.24. The molecule has 0 unspecified atom stereocenters. The Labute approximate surface area is 84.5 Å². The predicted octanol–water partition coefficient (Wildman–Crippen LogP) is 2.55. The molecule has 2 nitrogen and oxygen atoms in total. The lowest BCUT2D eigenvalue weighted by atomic mass is 10.1. The van der Waals surface area contributed by atoms with Crippen molar-refractivity contribution in [3.05, 3.63) is 36.4 Å². The SMILES string of the molecule is C=C1CCN(c2ccc(O)cc2)CC1. The number of aromatic hydroxyl groups is 1. The topological polar surface area (TPSA) is 23.5 Å². The number of phenols is 1. The van der Waals surface area contributed by atoms with E-state index in [9.17, 15) is 0 Å². The van der Waals surface area contributed by atoms with E-state index < -0.39 is 0 Å². The number of piperidine rings is 1. The van der Waals surface area contributed by atoms with Gasteiger partial charge in [-0.1, -0.05) is 12.2 Å². The number of benzene rings is 1. The van der Waals surface area contributed by atoms with Gasteiger partial charge >= 0.3 is 0 Å². The standard InChI is InChI=1S/C12H15NO/c1-10-6-8-13(9-7-10)11-2-4-12(14)5-3-11/h2-5,14H,1,6-9H2. The van der Waals surface area contributed by atoms with Crippen molar-refractivity contribution < 1.29 is 5.11 Å². The monoisotopic (exact) mass is 189 g/mol. The lowest BCUT2D eigenvalue weighted by Gasteiger charge is -2.29. The second-order valence-corrected chi connectivity index (χ2v) is 3.75. The van der Waals surface area contributed by atoms with Gasteiger partial charge in [0.15, 0.2) is 0 Å². The molecule has 1 aromatic carbocycles. The Morgan fingerprint density at radius 1 is 1.07 bits per heavy atom. The van der Waals surface area contributed by atoms with Gasteiger partial charge in [0, 0.05) is 18.8 Å². The van der Waals surface area contributed by atoms with E-state index >= 15 is 0 Å². The highest BCUT2D eigenvalue weighted by molar-refractivity contribution is 5.49. The molecular weight excluding hydrogens is 174 g/mol. The fourth-order valence-corrected chi connectivity index (χ4v) is 1.74. The zero-order chi connectivity index (χ0) is 9.97. The molecule has 2 heteroatoms. The fourth-order valence-electron chi connectivity index (χ4n) is 1.74. The van der Waals surface area contributed by atoms with Gasteiger partial charge in [0.05, 0.1) is 0 Å².